The van der Waals surface area contributed by atoms with Crippen LogP contribution in [0.1, 0.15) is 28.4 Å². The second-order valence-electron chi connectivity index (χ2n) is 4.64. The molecule has 5 nitrogen and oxygen atoms in total. The third-order valence-electron chi connectivity index (χ3n) is 2.98. The maximum atomic E-state index is 11.7. The number of hydrogen-bond donors (Lipinski definition) is 3. The van der Waals surface area contributed by atoms with Crippen molar-refractivity contribution in [1.29, 1.82) is 0 Å². The van der Waals surface area contributed by atoms with E-state index in [0.717, 1.165) is 0 Å². The van der Waals surface area contributed by atoms with Crippen LogP contribution in [-0.4, -0.2) is 16.9 Å². The van der Waals surface area contributed by atoms with Gasteiger partial charge in [-0.1, -0.05) is 41.9 Å². The van der Waals surface area contributed by atoms with Gasteiger partial charge in [-0.3, -0.25) is 20.4 Å². The fourth-order valence-corrected chi connectivity index (χ4v) is 1.94. The van der Waals surface area contributed by atoms with E-state index in [0.29, 0.717) is 16.1 Å². The van der Waals surface area contributed by atoms with Gasteiger partial charge in [-0.25, -0.2) is 0 Å². The topological polar surface area (TPSA) is 78.4 Å². The Hall–Kier alpha value is -2.37. The summed E-state index contributed by atoms with van der Waals surface area (Å²) in [6.45, 7) is 0. The Kier molecular flexibility index (Phi) is 5.52. The van der Waals surface area contributed by atoms with Crippen molar-refractivity contribution in [3.05, 3.63) is 70.7 Å². The first-order valence-electron chi connectivity index (χ1n) is 6.64. The largest absolute Gasteiger partial charge is 0.388 e. The molecule has 0 heterocycles. The van der Waals surface area contributed by atoms with E-state index in [1.54, 1.807) is 54.6 Å². The SMILES string of the molecule is O=C(CC(O)c1ccc(Cl)cc1)NNC(=O)c1ccccc1. The fourth-order valence-electron chi connectivity index (χ4n) is 1.82. The number of amides is 2. The van der Waals surface area contributed by atoms with Gasteiger partial charge < -0.3 is 5.11 Å². The minimum Gasteiger partial charge on any atom is -0.388 e. The van der Waals surface area contributed by atoms with E-state index < -0.39 is 17.9 Å². The van der Waals surface area contributed by atoms with Crippen LogP contribution in [0, 0.1) is 0 Å². The van der Waals surface area contributed by atoms with Crippen LogP contribution in [0.15, 0.2) is 54.6 Å². The number of benzene rings is 2. The average molecular weight is 319 g/mol. The molecule has 114 valence electrons. The number of hydrogen-bond acceptors (Lipinski definition) is 3. The summed E-state index contributed by atoms with van der Waals surface area (Å²) in [4.78, 5) is 23.5. The molecule has 3 N–H and O–H groups in total. The van der Waals surface area contributed by atoms with Gasteiger partial charge in [0.25, 0.3) is 5.91 Å². The van der Waals surface area contributed by atoms with Gasteiger partial charge in [0.05, 0.1) is 12.5 Å². The van der Waals surface area contributed by atoms with Gasteiger partial charge >= 0.3 is 0 Å². The molecular formula is C16H15ClN2O3. The zero-order chi connectivity index (χ0) is 15.9. The predicted molar refractivity (Wildman–Crippen MR) is 83.1 cm³/mol. The van der Waals surface area contributed by atoms with E-state index >= 15 is 0 Å². The second kappa shape index (κ2) is 7.59. The van der Waals surface area contributed by atoms with Gasteiger partial charge in [-0.05, 0) is 29.8 Å². The van der Waals surface area contributed by atoms with Gasteiger partial charge in [0.1, 0.15) is 0 Å². The van der Waals surface area contributed by atoms with Crippen molar-refractivity contribution in [2.45, 2.75) is 12.5 Å². The monoisotopic (exact) mass is 318 g/mol. The lowest BCUT2D eigenvalue weighted by Crippen LogP contribution is -2.42. The average Bonchev–Trinajstić information content (AvgIpc) is 2.54. The summed E-state index contributed by atoms with van der Waals surface area (Å²) in [6.07, 6.45) is -1.14. The maximum Gasteiger partial charge on any atom is 0.269 e. The zero-order valence-electron chi connectivity index (χ0n) is 11.6. The van der Waals surface area contributed by atoms with Crippen LogP contribution < -0.4 is 10.9 Å². The highest BCUT2D eigenvalue weighted by Crippen LogP contribution is 2.18. The molecule has 0 fully saturated rings. The highest BCUT2D eigenvalue weighted by atomic mass is 35.5. The lowest BCUT2D eigenvalue weighted by Gasteiger charge is -2.12. The molecule has 2 aromatic carbocycles. The summed E-state index contributed by atoms with van der Waals surface area (Å²) in [5.74, 6) is -0.915. The van der Waals surface area contributed by atoms with Crippen molar-refractivity contribution in [2.24, 2.45) is 0 Å². The Balaban J connectivity index is 1.83. The normalized spacial score (nSPS) is 11.5. The molecule has 2 aromatic rings. The number of hydrazine groups is 1. The lowest BCUT2D eigenvalue weighted by molar-refractivity contribution is -0.123. The standard InChI is InChI=1S/C16H15ClN2O3/c17-13-8-6-11(7-9-13)14(20)10-15(21)18-19-16(22)12-4-2-1-3-5-12/h1-9,14,20H,10H2,(H,18,21)(H,19,22). The van der Waals surface area contributed by atoms with Crippen molar-refractivity contribution in [3.8, 4) is 0 Å². The number of rotatable bonds is 4. The van der Waals surface area contributed by atoms with Gasteiger partial charge in [0.15, 0.2) is 0 Å². The molecule has 22 heavy (non-hydrogen) atoms. The third-order valence-corrected chi connectivity index (χ3v) is 3.24. The molecule has 0 aromatic heterocycles. The highest BCUT2D eigenvalue weighted by Gasteiger charge is 2.14. The summed E-state index contributed by atoms with van der Waals surface area (Å²) < 4.78 is 0. The summed E-state index contributed by atoms with van der Waals surface area (Å²) in [7, 11) is 0. The molecule has 2 rings (SSSR count). The molecule has 1 atom stereocenters. The van der Waals surface area contributed by atoms with Crippen LogP contribution >= 0.6 is 11.6 Å². The van der Waals surface area contributed by atoms with Gasteiger partial charge in [-0.15, -0.1) is 0 Å². The maximum absolute atomic E-state index is 11.7. The molecule has 1 unspecified atom stereocenters. The van der Waals surface area contributed by atoms with Crippen LogP contribution in [0.3, 0.4) is 0 Å². The summed E-state index contributed by atoms with van der Waals surface area (Å²) in [5.41, 5.74) is 5.57. The molecule has 0 aliphatic carbocycles. The highest BCUT2D eigenvalue weighted by molar-refractivity contribution is 6.30. The summed E-state index contributed by atoms with van der Waals surface area (Å²) >= 11 is 5.76. The van der Waals surface area contributed by atoms with Crippen molar-refractivity contribution in [2.75, 3.05) is 0 Å². The third kappa shape index (κ3) is 4.58. The Morgan fingerprint density at radius 2 is 1.64 bits per heavy atom. The molecule has 0 saturated carbocycles. The van der Waals surface area contributed by atoms with E-state index in [-0.39, 0.29) is 6.42 Å². The number of nitrogens with one attached hydrogen (secondary N) is 2. The summed E-state index contributed by atoms with van der Waals surface area (Å²) in [6, 6.07) is 15.0. The first-order chi connectivity index (χ1) is 10.6. The predicted octanol–water partition coefficient (Wildman–Crippen LogP) is 2.22. The number of halogens is 1. The first-order valence-corrected chi connectivity index (χ1v) is 7.02. The number of aliphatic hydroxyl groups is 1. The second-order valence-corrected chi connectivity index (χ2v) is 5.08. The molecule has 6 heteroatoms. The van der Waals surface area contributed by atoms with Crippen LogP contribution in [0.25, 0.3) is 0 Å². The van der Waals surface area contributed by atoms with Crippen molar-refractivity contribution in [3.63, 3.8) is 0 Å². The van der Waals surface area contributed by atoms with E-state index in [2.05, 4.69) is 10.9 Å². The molecule has 2 amide bonds. The molecule has 0 saturated heterocycles. The quantitative estimate of drug-likeness (QED) is 0.756. The van der Waals surface area contributed by atoms with Gasteiger partial charge in [-0.2, -0.15) is 0 Å². The van der Waals surface area contributed by atoms with Crippen LogP contribution in [0.5, 0.6) is 0 Å². The van der Waals surface area contributed by atoms with Crippen LogP contribution in [0.2, 0.25) is 5.02 Å². The minimum atomic E-state index is -0.967. The van der Waals surface area contributed by atoms with Crippen molar-refractivity contribution in [1.82, 2.24) is 10.9 Å². The van der Waals surface area contributed by atoms with E-state index in [4.69, 9.17) is 11.6 Å². The molecule has 0 spiro atoms. The fraction of sp³-hybridized carbons (Fsp3) is 0.125. The Morgan fingerprint density at radius 3 is 2.27 bits per heavy atom. The molecular weight excluding hydrogens is 304 g/mol. The van der Waals surface area contributed by atoms with E-state index in [1.807, 2.05) is 0 Å². The number of aliphatic hydroxyl groups excluding tert-OH is 1. The first kappa shape index (κ1) is 16.0. The Bertz CT molecular complexity index is 644. The van der Waals surface area contributed by atoms with Crippen molar-refractivity contribution >= 4 is 23.4 Å². The van der Waals surface area contributed by atoms with E-state index in [9.17, 15) is 14.7 Å². The van der Waals surface area contributed by atoms with Crippen molar-refractivity contribution < 1.29 is 14.7 Å². The number of carbonyl (C=O) groups is 2. The smallest absolute Gasteiger partial charge is 0.269 e. The van der Waals surface area contributed by atoms with Crippen LogP contribution in [0.4, 0.5) is 0 Å². The molecule has 0 bridgehead atoms. The van der Waals surface area contributed by atoms with Gasteiger partial charge in [0.2, 0.25) is 5.91 Å². The van der Waals surface area contributed by atoms with E-state index in [1.165, 1.54) is 0 Å². The zero-order valence-corrected chi connectivity index (χ0v) is 12.4. The van der Waals surface area contributed by atoms with Crippen LogP contribution in [-0.2, 0) is 4.79 Å². The minimum absolute atomic E-state index is 0.170. The Morgan fingerprint density at radius 1 is 1.00 bits per heavy atom. The molecule has 0 aliphatic rings. The lowest BCUT2D eigenvalue weighted by atomic mass is 10.1. The Labute approximate surface area is 132 Å². The summed E-state index contributed by atoms with van der Waals surface area (Å²) in [5, 5.41) is 10.5. The molecule has 0 aliphatic heterocycles. The molecule has 0 radical (unpaired) electrons. The van der Waals surface area contributed by atoms with Gasteiger partial charge in [0, 0.05) is 10.6 Å². The number of carbonyl (C=O) groups excluding carboxylic acids is 2.